The normalized spacial score (nSPS) is 14.2. The second-order valence-electron chi connectivity index (χ2n) is 6.03. The lowest BCUT2D eigenvalue weighted by molar-refractivity contribution is -0.384. The zero-order valence-electron chi connectivity index (χ0n) is 14.7. The zero-order valence-corrected chi connectivity index (χ0v) is 15.5. The van der Waals surface area contributed by atoms with Gasteiger partial charge < -0.3 is 10.4 Å². The van der Waals surface area contributed by atoms with E-state index in [9.17, 15) is 20.0 Å². The highest BCUT2D eigenvalue weighted by Gasteiger charge is 2.18. The summed E-state index contributed by atoms with van der Waals surface area (Å²) in [6.45, 7) is 0. The van der Waals surface area contributed by atoms with E-state index in [1.807, 2.05) is 0 Å². The summed E-state index contributed by atoms with van der Waals surface area (Å²) in [7, 11) is 0. The molecule has 0 aliphatic carbocycles. The van der Waals surface area contributed by atoms with Crippen LogP contribution in [0, 0.1) is 10.1 Å². The van der Waals surface area contributed by atoms with E-state index in [0.717, 1.165) is 11.3 Å². The van der Waals surface area contributed by atoms with Crippen LogP contribution >= 0.6 is 11.3 Å². The maximum Gasteiger partial charge on any atom is 0.306 e. The molecule has 9 nitrogen and oxygen atoms in total. The summed E-state index contributed by atoms with van der Waals surface area (Å²) in [4.78, 5) is 25.6. The number of benzene rings is 2. The Kier molecular flexibility index (Phi) is 4.75. The van der Waals surface area contributed by atoms with E-state index in [0.29, 0.717) is 33.2 Å². The number of nitro benzene ring substituents is 1. The van der Waals surface area contributed by atoms with Crippen molar-refractivity contribution in [3.05, 3.63) is 84.3 Å². The number of nitrogens with zero attached hydrogens (tertiary/aromatic N) is 3. The molecule has 0 amide bonds. The van der Waals surface area contributed by atoms with Gasteiger partial charge >= 0.3 is 4.87 Å². The van der Waals surface area contributed by atoms with Crippen LogP contribution in [0.3, 0.4) is 0 Å². The highest BCUT2D eigenvalue weighted by Crippen LogP contribution is 2.26. The fourth-order valence-electron chi connectivity index (χ4n) is 2.73. The molecule has 0 saturated carbocycles. The van der Waals surface area contributed by atoms with Crippen LogP contribution in [0.15, 0.2) is 69.1 Å². The Hall–Kier alpha value is -4.05. The van der Waals surface area contributed by atoms with Gasteiger partial charge in [-0.25, -0.2) is 0 Å². The van der Waals surface area contributed by atoms with Gasteiger partial charge in [0.05, 0.1) is 16.0 Å². The predicted molar refractivity (Wildman–Crippen MR) is 112 cm³/mol. The van der Waals surface area contributed by atoms with Crippen LogP contribution in [0.2, 0.25) is 0 Å². The molecule has 1 aliphatic heterocycles. The first kappa shape index (κ1) is 18.3. The second-order valence-corrected chi connectivity index (χ2v) is 7.04. The summed E-state index contributed by atoms with van der Waals surface area (Å²) in [5, 5.41) is 31.5. The van der Waals surface area contributed by atoms with Crippen LogP contribution in [0.5, 0.6) is 5.75 Å². The summed E-state index contributed by atoms with van der Waals surface area (Å²) < 4.78 is 0. The van der Waals surface area contributed by atoms with Crippen LogP contribution in [0.1, 0.15) is 10.4 Å². The van der Waals surface area contributed by atoms with Crippen LogP contribution in [0.25, 0.3) is 6.08 Å². The Bertz CT molecular complexity index is 1240. The van der Waals surface area contributed by atoms with E-state index in [2.05, 4.69) is 20.5 Å². The van der Waals surface area contributed by atoms with E-state index in [1.165, 1.54) is 30.5 Å². The van der Waals surface area contributed by atoms with Crippen LogP contribution in [0.4, 0.5) is 17.2 Å². The molecule has 29 heavy (non-hydrogen) atoms. The third-order valence-corrected chi connectivity index (χ3v) is 4.89. The highest BCUT2D eigenvalue weighted by molar-refractivity contribution is 7.10. The Morgan fingerprint density at radius 2 is 2.00 bits per heavy atom. The standard InChI is InChI=1S/C19H13N5O4S/c25-15-6-4-13(5-7-15)21-18-16(29-19(26)22-18)9-12-10-20-23-17(12)11-2-1-3-14(8-11)24(27)28/h1-10,21,25H,(H,22,26)/b12-9+. The third kappa shape index (κ3) is 3.96. The quantitative estimate of drug-likeness (QED) is 0.337. The number of allylic oxidation sites excluding steroid dienone is 1. The maximum atomic E-state index is 11.9. The molecule has 1 aliphatic rings. The number of thiazole rings is 1. The Morgan fingerprint density at radius 3 is 2.76 bits per heavy atom. The van der Waals surface area contributed by atoms with Crippen molar-refractivity contribution >= 4 is 46.5 Å². The molecule has 0 saturated heterocycles. The van der Waals surface area contributed by atoms with Crippen LogP contribution in [-0.2, 0) is 0 Å². The monoisotopic (exact) mass is 407 g/mol. The molecule has 0 bridgehead atoms. The number of aromatic amines is 1. The minimum atomic E-state index is -0.471. The number of H-pyrrole nitrogens is 1. The molecule has 10 heteroatoms. The van der Waals surface area contributed by atoms with Gasteiger partial charge in [-0.3, -0.25) is 19.9 Å². The highest BCUT2D eigenvalue weighted by atomic mass is 32.1. The molecule has 2 aromatic carbocycles. The molecule has 1 aromatic heterocycles. The number of anilines is 2. The van der Waals surface area contributed by atoms with Gasteiger partial charge in [-0.15, -0.1) is 5.10 Å². The summed E-state index contributed by atoms with van der Waals surface area (Å²) in [5.41, 5.74) is 2.29. The van der Waals surface area contributed by atoms with Gasteiger partial charge in [0, 0.05) is 29.0 Å². The number of phenols is 1. The van der Waals surface area contributed by atoms with Gasteiger partial charge in [0.2, 0.25) is 0 Å². The number of aromatic hydroxyl groups is 1. The van der Waals surface area contributed by atoms with Crippen molar-refractivity contribution in [1.29, 1.82) is 0 Å². The van der Waals surface area contributed by atoms with Crippen molar-refractivity contribution in [2.45, 2.75) is 0 Å². The fourth-order valence-corrected chi connectivity index (χ4v) is 3.47. The van der Waals surface area contributed by atoms with Crippen molar-refractivity contribution < 1.29 is 10.0 Å². The van der Waals surface area contributed by atoms with Crippen molar-refractivity contribution in [1.82, 2.24) is 4.98 Å². The zero-order chi connectivity index (χ0) is 20.4. The fraction of sp³-hybridized carbons (Fsp3) is 0. The molecule has 3 aromatic rings. The first-order valence-electron chi connectivity index (χ1n) is 8.37. The largest absolute Gasteiger partial charge is 0.508 e. The number of nitrogens with one attached hydrogen (secondary N) is 2. The van der Waals surface area contributed by atoms with Crippen molar-refractivity contribution in [3.63, 3.8) is 0 Å². The van der Waals surface area contributed by atoms with Crippen LogP contribution < -0.4 is 10.2 Å². The number of phenolic OH excluding ortho intramolecular Hbond substituents is 1. The molecule has 0 fully saturated rings. The SMILES string of the molecule is O=c1[nH]c(Nc2ccc(O)cc2)c(/C=C2\C=NN=C2c2cccc([N+](=O)[O-])c2)s1. The van der Waals surface area contributed by atoms with Crippen molar-refractivity contribution in [3.8, 4) is 5.75 Å². The molecule has 0 unspecified atom stereocenters. The van der Waals surface area contributed by atoms with Gasteiger partial charge in [0.1, 0.15) is 17.3 Å². The lowest BCUT2D eigenvalue weighted by Gasteiger charge is -2.06. The molecule has 0 atom stereocenters. The van der Waals surface area contributed by atoms with Crippen molar-refractivity contribution in [2.24, 2.45) is 10.2 Å². The van der Waals surface area contributed by atoms with Gasteiger partial charge in [0.15, 0.2) is 0 Å². The number of rotatable bonds is 5. The average Bonchev–Trinajstić information content (AvgIpc) is 3.30. The number of nitro groups is 1. The van der Waals surface area contributed by atoms with E-state index in [4.69, 9.17) is 0 Å². The smallest absolute Gasteiger partial charge is 0.306 e. The minimum Gasteiger partial charge on any atom is -0.508 e. The van der Waals surface area contributed by atoms with Gasteiger partial charge in [-0.2, -0.15) is 5.10 Å². The molecule has 2 heterocycles. The summed E-state index contributed by atoms with van der Waals surface area (Å²) in [6, 6.07) is 12.5. The van der Waals surface area contributed by atoms with E-state index in [-0.39, 0.29) is 16.3 Å². The summed E-state index contributed by atoms with van der Waals surface area (Å²) in [5.74, 6) is 0.619. The predicted octanol–water partition coefficient (Wildman–Crippen LogP) is 3.67. The minimum absolute atomic E-state index is 0.0440. The van der Waals surface area contributed by atoms with Gasteiger partial charge in [0.25, 0.3) is 5.69 Å². The molecule has 0 radical (unpaired) electrons. The summed E-state index contributed by atoms with van der Waals surface area (Å²) >= 11 is 1.00. The molecule has 4 rings (SSSR count). The van der Waals surface area contributed by atoms with Crippen molar-refractivity contribution in [2.75, 3.05) is 5.32 Å². The Balaban J connectivity index is 1.67. The second kappa shape index (κ2) is 7.52. The number of non-ortho nitro benzene ring substituents is 1. The van der Waals surface area contributed by atoms with Crippen LogP contribution in [-0.4, -0.2) is 26.9 Å². The average molecular weight is 407 g/mol. The first-order chi connectivity index (χ1) is 14.0. The van der Waals surface area contributed by atoms with Gasteiger partial charge in [-0.05, 0) is 30.3 Å². The summed E-state index contributed by atoms with van der Waals surface area (Å²) in [6.07, 6.45) is 3.27. The van der Waals surface area contributed by atoms with Gasteiger partial charge in [-0.1, -0.05) is 23.5 Å². The lowest BCUT2D eigenvalue weighted by atomic mass is 10.0. The molecule has 3 N–H and O–H groups in total. The number of hydrogen-bond donors (Lipinski definition) is 3. The molecule has 0 spiro atoms. The van der Waals surface area contributed by atoms with E-state index >= 15 is 0 Å². The third-order valence-electron chi connectivity index (χ3n) is 4.06. The number of hydrogen-bond acceptors (Lipinski definition) is 8. The van der Waals surface area contributed by atoms with E-state index in [1.54, 1.807) is 30.3 Å². The van der Waals surface area contributed by atoms with E-state index < -0.39 is 4.92 Å². The Labute approximate surface area is 167 Å². The molecular weight excluding hydrogens is 394 g/mol. The molecule has 144 valence electrons. The number of aromatic nitrogens is 1. The maximum absolute atomic E-state index is 11.9. The molecular formula is C19H13N5O4S. The first-order valence-corrected chi connectivity index (χ1v) is 9.18. The topological polar surface area (TPSA) is 133 Å². The Morgan fingerprint density at radius 1 is 1.21 bits per heavy atom. The lowest BCUT2D eigenvalue weighted by Crippen LogP contribution is -2.03.